The lowest BCUT2D eigenvalue weighted by Gasteiger charge is -2.07. The average molecular weight is 263 g/mol. The maximum absolute atomic E-state index is 11.6. The summed E-state index contributed by atoms with van der Waals surface area (Å²) >= 11 is 0. The molecule has 2 fully saturated rings. The third kappa shape index (κ3) is 2.17. The molecule has 0 saturated carbocycles. The highest BCUT2D eigenvalue weighted by Gasteiger charge is 2.73. The molecule has 2 atom stereocenters. The van der Waals surface area contributed by atoms with Gasteiger partial charge >= 0.3 is 20.1 Å². The Kier molecular flexibility index (Phi) is 3.14. The zero-order valence-electron chi connectivity index (χ0n) is 10.2. The Bertz CT molecular complexity index is 319. The fraction of sp³-hybridized carbons (Fsp3) is 0.800. The van der Waals surface area contributed by atoms with Crippen molar-refractivity contribution in [3.05, 3.63) is 0 Å². The van der Waals surface area contributed by atoms with E-state index >= 15 is 0 Å². The second-order valence-electron chi connectivity index (χ2n) is 4.81. The number of hydrogen-bond donors (Lipinski definition) is 0. The number of rotatable bonds is 2. The maximum Gasteiger partial charge on any atom is 0.677 e. The Morgan fingerprint density at radius 2 is 1.24 bits per heavy atom. The smallest absolute Gasteiger partial charge is 0.244 e. The van der Waals surface area contributed by atoms with Crippen molar-refractivity contribution in [2.24, 2.45) is 11.8 Å². The first-order valence-corrected chi connectivity index (χ1v) is 7.03. The molecular formula is C10H16O6P+. The van der Waals surface area contributed by atoms with Crippen LogP contribution in [-0.4, -0.2) is 24.1 Å². The molecule has 2 saturated heterocycles. The molecule has 2 rings (SSSR count). The summed E-state index contributed by atoms with van der Waals surface area (Å²) in [6.07, 6.45) is -1.44. The summed E-state index contributed by atoms with van der Waals surface area (Å²) in [6.45, 7) is 7.30. The minimum atomic E-state index is -3.23. The van der Waals surface area contributed by atoms with Crippen LogP contribution in [0.5, 0.6) is 0 Å². The average Bonchev–Trinajstić information content (AvgIpc) is 2.68. The molecule has 2 aliphatic heterocycles. The van der Waals surface area contributed by atoms with E-state index in [0.29, 0.717) is 0 Å². The van der Waals surface area contributed by atoms with Gasteiger partial charge in [0.25, 0.3) is 0 Å². The van der Waals surface area contributed by atoms with Crippen LogP contribution in [0, 0.1) is 11.8 Å². The number of carbonyl (C=O) groups is 2. The molecule has 6 nitrogen and oxygen atoms in total. The lowest BCUT2D eigenvalue weighted by Crippen LogP contribution is -2.22. The van der Waals surface area contributed by atoms with Gasteiger partial charge in [0.15, 0.2) is 0 Å². The second kappa shape index (κ2) is 4.19. The topological polar surface area (TPSA) is 71.1 Å². The largest absolute Gasteiger partial charge is 0.677 e. The molecule has 0 N–H and O–H groups in total. The molecule has 0 bridgehead atoms. The van der Waals surface area contributed by atoms with Gasteiger partial charge in [-0.15, -0.1) is 9.05 Å². The van der Waals surface area contributed by atoms with Crippen LogP contribution in [0.2, 0.25) is 0 Å². The van der Waals surface area contributed by atoms with Crippen molar-refractivity contribution in [3.63, 3.8) is 0 Å². The van der Waals surface area contributed by atoms with Crippen LogP contribution in [-0.2, 0) is 27.7 Å². The van der Waals surface area contributed by atoms with Gasteiger partial charge in [-0.3, -0.25) is 0 Å². The van der Waals surface area contributed by atoms with Crippen molar-refractivity contribution in [2.75, 3.05) is 0 Å². The number of carbonyl (C=O) groups excluding carboxylic acids is 2. The van der Waals surface area contributed by atoms with Gasteiger partial charge in [0.1, 0.15) is 0 Å². The molecule has 0 amide bonds. The van der Waals surface area contributed by atoms with Crippen molar-refractivity contribution in [1.29, 1.82) is 0 Å². The minimum absolute atomic E-state index is 0.0534. The summed E-state index contributed by atoms with van der Waals surface area (Å²) < 4.78 is 20.9. The van der Waals surface area contributed by atoms with E-state index in [9.17, 15) is 9.59 Å². The summed E-state index contributed by atoms with van der Waals surface area (Å²) in [7, 11) is -3.23. The lowest BCUT2D eigenvalue weighted by molar-refractivity contribution is -0.137. The number of hydrogen-bond acceptors (Lipinski definition) is 6. The Morgan fingerprint density at radius 1 is 0.882 bits per heavy atom. The van der Waals surface area contributed by atoms with Gasteiger partial charge in [-0.05, 0) is 11.8 Å². The molecule has 0 aromatic heterocycles. The van der Waals surface area contributed by atoms with Gasteiger partial charge in [0.05, 0.1) is 0 Å². The van der Waals surface area contributed by atoms with Gasteiger partial charge in [-0.1, -0.05) is 27.7 Å². The summed E-state index contributed by atoms with van der Waals surface area (Å²) in [6, 6.07) is 0. The van der Waals surface area contributed by atoms with E-state index in [1.54, 1.807) is 0 Å². The molecule has 17 heavy (non-hydrogen) atoms. The van der Waals surface area contributed by atoms with Gasteiger partial charge in [0, 0.05) is 0 Å². The maximum atomic E-state index is 11.6. The molecule has 0 unspecified atom stereocenters. The lowest BCUT2D eigenvalue weighted by atomic mass is 10.1. The first kappa shape index (κ1) is 12.7. The first-order valence-electron chi connectivity index (χ1n) is 5.57. The van der Waals surface area contributed by atoms with E-state index < -0.39 is 32.3 Å². The molecule has 0 aromatic carbocycles. The fourth-order valence-corrected chi connectivity index (χ4v) is 3.73. The fourth-order valence-electron chi connectivity index (χ4n) is 1.61. The van der Waals surface area contributed by atoms with Gasteiger partial charge in [-0.2, -0.15) is 0 Å². The van der Waals surface area contributed by atoms with Crippen molar-refractivity contribution >= 4 is 20.1 Å². The molecule has 0 aromatic rings. The Labute approximate surface area is 100 Å². The summed E-state index contributed by atoms with van der Waals surface area (Å²) in [5.74, 6) is -1.15. The molecule has 1 spiro atoms. The van der Waals surface area contributed by atoms with Crippen molar-refractivity contribution < 1.29 is 27.7 Å². The van der Waals surface area contributed by atoms with Gasteiger partial charge < -0.3 is 0 Å². The summed E-state index contributed by atoms with van der Waals surface area (Å²) in [4.78, 5) is 23.1. The van der Waals surface area contributed by atoms with Crippen LogP contribution in [0.1, 0.15) is 27.7 Å². The van der Waals surface area contributed by atoms with Crippen molar-refractivity contribution in [3.8, 4) is 0 Å². The van der Waals surface area contributed by atoms with E-state index in [1.165, 1.54) is 0 Å². The Morgan fingerprint density at radius 3 is 1.47 bits per heavy atom. The van der Waals surface area contributed by atoms with Crippen LogP contribution in [0.25, 0.3) is 0 Å². The third-order valence-corrected chi connectivity index (χ3v) is 4.34. The highest BCUT2D eigenvalue weighted by Crippen LogP contribution is 2.72. The van der Waals surface area contributed by atoms with Gasteiger partial charge in [-0.25, -0.2) is 18.6 Å². The van der Waals surface area contributed by atoms with Crippen molar-refractivity contribution in [2.45, 2.75) is 39.9 Å². The molecule has 2 heterocycles. The predicted molar refractivity (Wildman–Crippen MR) is 58.5 cm³/mol. The van der Waals surface area contributed by atoms with Crippen LogP contribution in [0.3, 0.4) is 0 Å². The van der Waals surface area contributed by atoms with E-state index in [-0.39, 0.29) is 11.8 Å². The van der Waals surface area contributed by atoms with Crippen molar-refractivity contribution in [1.82, 2.24) is 0 Å². The summed E-state index contributed by atoms with van der Waals surface area (Å²) in [5.41, 5.74) is 0. The van der Waals surface area contributed by atoms with E-state index in [2.05, 4.69) is 0 Å². The quantitative estimate of drug-likeness (QED) is 0.708. The van der Waals surface area contributed by atoms with Crippen LogP contribution in [0.15, 0.2) is 0 Å². The highest BCUT2D eigenvalue weighted by molar-refractivity contribution is 7.58. The minimum Gasteiger partial charge on any atom is -0.244 e. The predicted octanol–water partition coefficient (Wildman–Crippen LogP) is 1.86. The SMILES string of the molecule is CC(C)[C@@H]1O[P+]2(OC1=O)OC(=O)[C@H](C(C)C)O2. The van der Waals surface area contributed by atoms with Crippen LogP contribution >= 0.6 is 8.17 Å². The standard InChI is InChI=1S/C10H16O6P/c1-5(2)7-9(11)15-17(13-7)14-8(6(3)4)10(12)16-17/h5-8H,1-4H3/q+1/t7-,8-,17?/m0/s1. The second-order valence-corrected chi connectivity index (χ2v) is 6.49. The Hall–Kier alpha value is -0.710. The monoisotopic (exact) mass is 263 g/mol. The first-order chi connectivity index (χ1) is 7.84. The Balaban J connectivity index is 2.14. The van der Waals surface area contributed by atoms with Crippen LogP contribution < -0.4 is 0 Å². The molecular weight excluding hydrogens is 247 g/mol. The molecule has 96 valence electrons. The molecule has 0 radical (unpaired) electrons. The van der Waals surface area contributed by atoms with E-state index in [4.69, 9.17) is 18.1 Å². The normalized spacial score (nSPS) is 31.4. The third-order valence-electron chi connectivity index (χ3n) is 2.56. The molecule has 0 aliphatic carbocycles. The summed E-state index contributed by atoms with van der Waals surface area (Å²) in [5, 5.41) is 0. The molecule has 7 heteroatoms. The van der Waals surface area contributed by atoms with Gasteiger partial charge in [0.2, 0.25) is 12.2 Å². The van der Waals surface area contributed by atoms with Crippen LogP contribution in [0.4, 0.5) is 0 Å². The molecule has 2 aliphatic rings. The highest BCUT2D eigenvalue weighted by atomic mass is 31.2. The zero-order valence-corrected chi connectivity index (χ0v) is 11.1. The van der Waals surface area contributed by atoms with E-state index in [0.717, 1.165) is 0 Å². The van der Waals surface area contributed by atoms with E-state index in [1.807, 2.05) is 27.7 Å². The zero-order chi connectivity index (χ0) is 12.8.